The second-order valence-corrected chi connectivity index (χ2v) is 9.23. The second kappa shape index (κ2) is 9.72. The third kappa shape index (κ3) is 5.29. The van der Waals surface area contributed by atoms with Crippen LogP contribution in [0, 0.1) is 11.7 Å². The minimum atomic E-state index is -0.442. The number of rotatable bonds is 7. The fourth-order valence-corrected chi connectivity index (χ4v) is 4.59. The first-order chi connectivity index (χ1) is 15.4. The number of amides is 2. The summed E-state index contributed by atoms with van der Waals surface area (Å²) >= 11 is 0. The van der Waals surface area contributed by atoms with Crippen molar-refractivity contribution in [3.05, 3.63) is 59.4 Å². The lowest BCUT2D eigenvalue weighted by Gasteiger charge is -2.35. The first-order valence-electron chi connectivity index (χ1n) is 11.6. The topological polar surface area (TPSA) is 52.7 Å². The number of benzene rings is 2. The summed E-state index contributed by atoms with van der Waals surface area (Å²) in [5.74, 6) is -0.347. The Labute approximate surface area is 189 Å². The van der Waals surface area contributed by atoms with E-state index in [-0.39, 0.29) is 29.3 Å². The molecule has 32 heavy (non-hydrogen) atoms. The predicted octanol–water partition coefficient (Wildman–Crippen LogP) is 5.22. The van der Waals surface area contributed by atoms with Gasteiger partial charge in [0.25, 0.3) is 5.91 Å². The quantitative estimate of drug-likeness (QED) is 0.647. The first kappa shape index (κ1) is 22.3. The van der Waals surface area contributed by atoms with E-state index in [1.807, 2.05) is 37.2 Å². The average molecular weight is 438 g/mol. The van der Waals surface area contributed by atoms with Crippen LogP contribution in [0.5, 0.6) is 0 Å². The molecule has 2 aromatic carbocycles. The molecule has 2 amide bonds. The van der Waals surface area contributed by atoms with Crippen LogP contribution in [0.1, 0.15) is 60.9 Å². The fourth-order valence-electron chi connectivity index (χ4n) is 4.59. The van der Waals surface area contributed by atoms with Crippen LogP contribution in [0.25, 0.3) is 0 Å². The van der Waals surface area contributed by atoms with E-state index < -0.39 is 5.82 Å². The van der Waals surface area contributed by atoms with Gasteiger partial charge in [-0.1, -0.05) is 25.3 Å². The Morgan fingerprint density at radius 2 is 1.75 bits per heavy atom. The highest BCUT2D eigenvalue weighted by Crippen LogP contribution is 2.36. The zero-order valence-electron chi connectivity index (χ0n) is 18.9. The zero-order chi connectivity index (χ0) is 22.7. The van der Waals surface area contributed by atoms with Crippen molar-refractivity contribution in [2.75, 3.05) is 24.3 Å². The smallest absolute Gasteiger partial charge is 0.255 e. The highest BCUT2D eigenvalue weighted by Gasteiger charge is 2.37. The van der Waals surface area contributed by atoms with Gasteiger partial charge in [0.15, 0.2) is 0 Å². The van der Waals surface area contributed by atoms with Crippen molar-refractivity contribution < 1.29 is 14.0 Å². The molecule has 0 atom stereocenters. The van der Waals surface area contributed by atoms with Crippen molar-refractivity contribution in [1.29, 1.82) is 0 Å². The molecule has 0 saturated heterocycles. The Morgan fingerprint density at radius 1 is 1.00 bits per heavy atom. The molecule has 2 fully saturated rings. The molecule has 5 nitrogen and oxygen atoms in total. The van der Waals surface area contributed by atoms with Gasteiger partial charge in [-0.15, -0.1) is 0 Å². The van der Waals surface area contributed by atoms with Crippen LogP contribution >= 0.6 is 0 Å². The average Bonchev–Trinajstić information content (AvgIpc) is 3.63. The van der Waals surface area contributed by atoms with E-state index in [1.54, 1.807) is 6.07 Å². The lowest BCUT2D eigenvalue weighted by atomic mass is 9.93. The van der Waals surface area contributed by atoms with E-state index in [0.717, 1.165) is 36.9 Å². The van der Waals surface area contributed by atoms with Crippen LogP contribution in [0.4, 0.5) is 15.8 Å². The number of carbonyl (C=O) groups is 2. The number of halogens is 1. The molecule has 0 aliphatic heterocycles. The van der Waals surface area contributed by atoms with Crippen LogP contribution in [0.15, 0.2) is 42.5 Å². The monoisotopic (exact) mass is 437 g/mol. The molecule has 170 valence electrons. The van der Waals surface area contributed by atoms with Crippen molar-refractivity contribution >= 4 is 23.2 Å². The van der Waals surface area contributed by atoms with Crippen molar-refractivity contribution in [3.8, 4) is 0 Å². The van der Waals surface area contributed by atoms with E-state index in [2.05, 4.69) is 10.2 Å². The van der Waals surface area contributed by atoms with Crippen LogP contribution in [0.3, 0.4) is 0 Å². The first-order valence-corrected chi connectivity index (χ1v) is 11.6. The summed E-state index contributed by atoms with van der Waals surface area (Å²) in [7, 11) is 3.97. The third-order valence-electron chi connectivity index (χ3n) is 6.47. The van der Waals surface area contributed by atoms with Crippen molar-refractivity contribution in [2.24, 2.45) is 5.92 Å². The third-order valence-corrected chi connectivity index (χ3v) is 6.47. The normalized spacial score (nSPS) is 16.5. The largest absolute Gasteiger partial charge is 0.377 e. The summed E-state index contributed by atoms with van der Waals surface area (Å²) < 4.78 is 13.5. The maximum absolute atomic E-state index is 13.5. The van der Waals surface area contributed by atoms with E-state index in [4.69, 9.17) is 0 Å². The standard InChI is InChI=1S/C26H32FN3O2/c1-29(2)24-14-13-22(28-25(31)19-7-6-8-21(27)15-19)16-20(24)17-30(26(32)18-11-12-18)23-9-4-3-5-10-23/h6-8,13-16,18,23H,3-5,9-12,17H2,1-2H3,(H,28,31). The second-order valence-electron chi connectivity index (χ2n) is 9.23. The van der Waals surface area contributed by atoms with Gasteiger partial charge in [0.05, 0.1) is 0 Å². The van der Waals surface area contributed by atoms with Crippen molar-refractivity contribution in [3.63, 3.8) is 0 Å². The summed E-state index contributed by atoms with van der Waals surface area (Å²) in [5.41, 5.74) is 2.95. The van der Waals surface area contributed by atoms with Gasteiger partial charge in [0.2, 0.25) is 5.91 Å². The van der Waals surface area contributed by atoms with Crippen molar-refractivity contribution in [1.82, 2.24) is 4.90 Å². The molecule has 0 bridgehead atoms. The number of hydrogen-bond acceptors (Lipinski definition) is 3. The van der Waals surface area contributed by atoms with Gasteiger partial charge in [0, 0.05) is 49.5 Å². The van der Waals surface area contributed by atoms with E-state index in [1.165, 1.54) is 37.5 Å². The molecule has 0 spiro atoms. The van der Waals surface area contributed by atoms with Crippen LogP contribution in [-0.4, -0.2) is 36.9 Å². The molecule has 2 aliphatic carbocycles. The lowest BCUT2D eigenvalue weighted by molar-refractivity contribution is -0.136. The highest BCUT2D eigenvalue weighted by molar-refractivity contribution is 6.04. The Balaban J connectivity index is 1.59. The van der Waals surface area contributed by atoms with Gasteiger partial charge >= 0.3 is 0 Å². The molecule has 6 heteroatoms. The molecule has 2 aliphatic rings. The summed E-state index contributed by atoms with van der Waals surface area (Å²) in [6, 6.07) is 11.7. The minimum Gasteiger partial charge on any atom is -0.377 e. The van der Waals surface area contributed by atoms with Gasteiger partial charge in [-0.25, -0.2) is 4.39 Å². The van der Waals surface area contributed by atoms with E-state index >= 15 is 0 Å². The van der Waals surface area contributed by atoms with Gasteiger partial charge in [-0.3, -0.25) is 9.59 Å². The van der Waals surface area contributed by atoms with Crippen LogP contribution in [-0.2, 0) is 11.3 Å². The number of carbonyl (C=O) groups excluding carboxylic acids is 2. The zero-order valence-corrected chi connectivity index (χ0v) is 18.9. The molecular formula is C26H32FN3O2. The molecule has 2 aromatic rings. The SMILES string of the molecule is CN(C)c1ccc(NC(=O)c2cccc(F)c2)cc1CN(C(=O)C1CC1)C1CCCCC1. The maximum Gasteiger partial charge on any atom is 0.255 e. The Bertz CT molecular complexity index is 981. The maximum atomic E-state index is 13.5. The summed E-state index contributed by atoms with van der Waals surface area (Å²) in [5, 5.41) is 2.88. The van der Waals surface area contributed by atoms with E-state index in [9.17, 15) is 14.0 Å². The van der Waals surface area contributed by atoms with Crippen LogP contribution in [0.2, 0.25) is 0 Å². The Hall–Kier alpha value is -2.89. The fraction of sp³-hybridized carbons (Fsp3) is 0.462. The predicted molar refractivity (Wildman–Crippen MR) is 125 cm³/mol. The molecule has 0 radical (unpaired) electrons. The van der Waals surface area contributed by atoms with Gasteiger partial charge < -0.3 is 15.1 Å². The number of anilines is 2. The molecule has 0 heterocycles. The molecule has 1 N–H and O–H groups in total. The van der Waals surface area contributed by atoms with Gasteiger partial charge in [-0.2, -0.15) is 0 Å². The highest BCUT2D eigenvalue weighted by atomic mass is 19.1. The Kier molecular flexibility index (Phi) is 6.77. The number of nitrogens with zero attached hydrogens (tertiary/aromatic N) is 2. The van der Waals surface area contributed by atoms with Gasteiger partial charge in [-0.05, 0) is 67.6 Å². The molecule has 4 rings (SSSR count). The summed E-state index contributed by atoms with van der Waals surface area (Å²) in [6.07, 6.45) is 7.69. The van der Waals surface area contributed by atoms with Crippen molar-refractivity contribution in [2.45, 2.75) is 57.5 Å². The summed E-state index contributed by atoms with van der Waals surface area (Å²) in [6.45, 7) is 0.539. The number of nitrogens with one attached hydrogen (secondary N) is 1. The van der Waals surface area contributed by atoms with Gasteiger partial charge in [0.1, 0.15) is 5.82 Å². The van der Waals surface area contributed by atoms with E-state index in [0.29, 0.717) is 12.2 Å². The Morgan fingerprint density at radius 3 is 2.41 bits per heavy atom. The minimum absolute atomic E-state index is 0.176. The summed E-state index contributed by atoms with van der Waals surface area (Å²) in [4.78, 5) is 29.9. The molecule has 2 saturated carbocycles. The van der Waals surface area contributed by atoms with Crippen LogP contribution < -0.4 is 10.2 Å². The molecule has 0 unspecified atom stereocenters. The lowest BCUT2D eigenvalue weighted by Crippen LogP contribution is -2.42. The number of hydrogen-bond donors (Lipinski definition) is 1. The molecular weight excluding hydrogens is 405 g/mol. The molecule has 0 aromatic heterocycles.